The molecular formula is C21H20ClN5O4S. The van der Waals surface area contributed by atoms with Crippen molar-refractivity contribution in [2.24, 2.45) is 7.05 Å². The van der Waals surface area contributed by atoms with Gasteiger partial charge in [0.25, 0.3) is 0 Å². The summed E-state index contributed by atoms with van der Waals surface area (Å²) in [5, 5.41) is 14.5. The average Bonchev–Trinajstić information content (AvgIpc) is 3.37. The Morgan fingerprint density at radius 1 is 1.09 bits per heavy atom. The number of anilines is 2. The van der Waals surface area contributed by atoms with E-state index in [1.807, 2.05) is 0 Å². The van der Waals surface area contributed by atoms with Gasteiger partial charge in [-0.25, -0.2) is 0 Å². The Balaban J connectivity index is 1.33. The van der Waals surface area contributed by atoms with Crippen LogP contribution in [0.25, 0.3) is 0 Å². The van der Waals surface area contributed by atoms with Gasteiger partial charge in [0.05, 0.1) is 11.7 Å². The zero-order valence-corrected chi connectivity index (χ0v) is 18.9. The van der Waals surface area contributed by atoms with Gasteiger partial charge >= 0.3 is 0 Å². The van der Waals surface area contributed by atoms with Gasteiger partial charge in [-0.05, 0) is 43.3 Å². The Hall–Kier alpha value is -3.24. The molecule has 2 N–H and O–H groups in total. The Morgan fingerprint density at radius 2 is 1.81 bits per heavy atom. The van der Waals surface area contributed by atoms with E-state index in [-0.39, 0.29) is 25.0 Å². The lowest BCUT2D eigenvalue weighted by Crippen LogP contribution is -2.23. The molecule has 3 aromatic rings. The summed E-state index contributed by atoms with van der Waals surface area (Å²) in [5.74, 6) is 1.31. The fourth-order valence-electron chi connectivity index (χ4n) is 2.91. The van der Waals surface area contributed by atoms with E-state index in [9.17, 15) is 9.59 Å². The summed E-state index contributed by atoms with van der Waals surface area (Å²) in [5.41, 5.74) is 1.26. The van der Waals surface area contributed by atoms with Gasteiger partial charge in [-0.15, -0.1) is 10.2 Å². The first kappa shape index (κ1) is 22.0. The largest absolute Gasteiger partial charge is 0.454 e. The van der Waals surface area contributed by atoms with E-state index in [2.05, 4.69) is 20.8 Å². The number of hydrogen-bond donors (Lipinski definition) is 2. The Bertz CT molecular complexity index is 1150. The summed E-state index contributed by atoms with van der Waals surface area (Å²) in [7, 11) is 1.76. The van der Waals surface area contributed by atoms with Crippen LogP contribution in [0.2, 0.25) is 5.02 Å². The maximum atomic E-state index is 12.6. The van der Waals surface area contributed by atoms with Crippen molar-refractivity contribution in [1.82, 2.24) is 14.8 Å². The molecule has 0 bridgehead atoms. The number of nitrogens with zero attached hydrogens (tertiary/aromatic N) is 3. The van der Waals surface area contributed by atoms with Crippen LogP contribution in [0.5, 0.6) is 11.5 Å². The van der Waals surface area contributed by atoms with E-state index in [4.69, 9.17) is 21.1 Å². The number of thioether (sulfide) groups is 1. The molecule has 0 unspecified atom stereocenters. The highest BCUT2D eigenvalue weighted by molar-refractivity contribution is 8.00. The first-order chi connectivity index (χ1) is 15.4. The number of halogens is 1. The second-order valence-corrected chi connectivity index (χ2v) is 8.75. The average molecular weight is 474 g/mol. The molecule has 2 heterocycles. The van der Waals surface area contributed by atoms with Crippen LogP contribution in [0.3, 0.4) is 0 Å². The lowest BCUT2D eigenvalue weighted by atomic mass is 10.2. The molecule has 1 aromatic heterocycles. The quantitative estimate of drug-likeness (QED) is 0.505. The molecule has 9 nitrogen and oxygen atoms in total. The number of amides is 2. The van der Waals surface area contributed by atoms with Gasteiger partial charge in [0, 0.05) is 29.5 Å². The molecule has 2 aromatic carbocycles. The third-order valence-corrected chi connectivity index (χ3v) is 6.05. The van der Waals surface area contributed by atoms with Crippen LogP contribution in [0.1, 0.15) is 12.7 Å². The molecule has 166 valence electrons. The zero-order chi connectivity index (χ0) is 22.7. The molecule has 2 amide bonds. The molecular weight excluding hydrogens is 454 g/mol. The standard InChI is InChI=1S/C21H20ClN5O4S/c1-12(20(29)24-15-7-8-16-17(9-15)31-11-30-16)32-21-26-25-18(27(21)2)10-19(28)23-14-5-3-13(22)4-6-14/h3-9,12H,10-11H2,1-2H3,(H,23,28)(H,24,29)/t12-/m1/s1. The maximum absolute atomic E-state index is 12.6. The van der Waals surface area contributed by atoms with E-state index in [1.54, 1.807) is 61.0 Å². The van der Waals surface area contributed by atoms with Crippen molar-refractivity contribution in [3.63, 3.8) is 0 Å². The van der Waals surface area contributed by atoms with Crippen LogP contribution >= 0.6 is 23.4 Å². The van der Waals surface area contributed by atoms with Crippen molar-refractivity contribution < 1.29 is 19.1 Å². The molecule has 4 rings (SSSR count). The SMILES string of the molecule is C[C@@H](Sc1nnc(CC(=O)Nc2ccc(Cl)cc2)n1C)C(=O)Nc1ccc2c(c1)OCO2. The monoisotopic (exact) mass is 473 g/mol. The van der Waals surface area contributed by atoms with Crippen molar-refractivity contribution in [2.75, 3.05) is 17.4 Å². The third kappa shape index (κ3) is 5.14. The summed E-state index contributed by atoms with van der Waals surface area (Å²) in [6.07, 6.45) is 0.0461. The maximum Gasteiger partial charge on any atom is 0.237 e. The van der Waals surface area contributed by atoms with Gasteiger partial charge in [-0.3, -0.25) is 9.59 Å². The highest BCUT2D eigenvalue weighted by Crippen LogP contribution is 2.34. The lowest BCUT2D eigenvalue weighted by molar-refractivity contribution is -0.116. The number of ether oxygens (including phenoxy) is 2. The molecule has 1 atom stereocenters. The van der Waals surface area contributed by atoms with Crippen molar-refractivity contribution in [2.45, 2.75) is 23.8 Å². The van der Waals surface area contributed by atoms with Gasteiger partial charge in [0.2, 0.25) is 18.6 Å². The topological polar surface area (TPSA) is 107 Å². The Labute approximate surface area is 193 Å². The van der Waals surface area contributed by atoms with Crippen LogP contribution in [-0.4, -0.2) is 38.6 Å². The number of carbonyl (C=O) groups excluding carboxylic acids is 2. The van der Waals surface area contributed by atoms with E-state index in [0.717, 1.165) is 0 Å². The van der Waals surface area contributed by atoms with Crippen LogP contribution in [0.15, 0.2) is 47.6 Å². The van der Waals surface area contributed by atoms with Crippen molar-refractivity contribution in [3.8, 4) is 11.5 Å². The second kappa shape index (κ2) is 9.49. The number of fused-ring (bicyclic) bond motifs is 1. The molecule has 0 saturated heterocycles. The van der Waals surface area contributed by atoms with Crippen LogP contribution in [0.4, 0.5) is 11.4 Å². The van der Waals surface area contributed by atoms with Crippen LogP contribution in [0, 0.1) is 0 Å². The van der Waals surface area contributed by atoms with Crippen molar-refractivity contribution >= 4 is 46.6 Å². The van der Waals surface area contributed by atoms with E-state index in [1.165, 1.54) is 11.8 Å². The summed E-state index contributed by atoms with van der Waals surface area (Å²) in [6.45, 7) is 1.94. The number of benzene rings is 2. The van der Waals surface area contributed by atoms with Gasteiger partial charge in [-0.1, -0.05) is 23.4 Å². The minimum absolute atomic E-state index is 0.0461. The summed E-state index contributed by atoms with van der Waals surface area (Å²) < 4.78 is 12.3. The Kier molecular flexibility index (Phi) is 6.52. The number of rotatable bonds is 7. The predicted molar refractivity (Wildman–Crippen MR) is 121 cm³/mol. The molecule has 32 heavy (non-hydrogen) atoms. The first-order valence-electron chi connectivity index (χ1n) is 9.70. The Morgan fingerprint density at radius 3 is 2.59 bits per heavy atom. The van der Waals surface area contributed by atoms with Crippen LogP contribution in [-0.2, 0) is 23.1 Å². The molecule has 1 aliphatic rings. The van der Waals surface area contributed by atoms with Crippen LogP contribution < -0.4 is 20.1 Å². The smallest absolute Gasteiger partial charge is 0.237 e. The first-order valence-corrected chi connectivity index (χ1v) is 11.0. The van der Waals surface area contributed by atoms with E-state index in [0.29, 0.717) is 38.9 Å². The van der Waals surface area contributed by atoms with Gasteiger partial charge in [0.15, 0.2) is 16.7 Å². The summed E-state index contributed by atoms with van der Waals surface area (Å²) >= 11 is 7.11. The minimum atomic E-state index is -0.445. The van der Waals surface area contributed by atoms with Gasteiger partial charge in [0.1, 0.15) is 5.82 Å². The second-order valence-electron chi connectivity index (χ2n) is 7.01. The number of nitrogens with one attached hydrogen (secondary N) is 2. The lowest BCUT2D eigenvalue weighted by Gasteiger charge is -2.12. The molecule has 0 spiro atoms. The molecule has 11 heteroatoms. The summed E-state index contributed by atoms with van der Waals surface area (Å²) in [6, 6.07) is 12.1. The molecule has 0 aliphatic carbocycles. The molecule has 0 fully saturated rings. The molecule has 1 aliphatic heterocycles. The fraction of sp³-hybridized carbons (Fsp3) is 0.238. The highest BCUT2D eigenvalue weighted by atomic mass is 35.5. The predicted octanol–water partition coefficient (Wildman–Crippen LogP) is 3.50. The number of hydrogen-bond acceptors (Lipinski definition) is 7. The fourth-order valence-corrected chi connectivity index (χ4v) is 3.87. The normalized spacial score (nSPS) is 13.0. The van der Waals surface area contributed by atoms with E-state index >= 15 is 0 Å². The van der Waals surface area contributed by atoms with Crippen molar-refractivity contribution in [3.05, 3.63) is 53.3 Å². The highest BCUT2D eigenvalue weighted by Gasteiger charge is 2.21. The van der Waals surface area contributed by atoms with Gasteiger partial charge in [-0.2, -0.15) is 0 Å². The number of carbonyl (C=O) groups is 2. The van der Waals surface area contributed by atoms with Gasteiger partial charge < -0.3 is 24.7 Å². The summed E-state index contributed by atoms with van der Waals surface area (Å²) in [4.78, 5) is 24.9. The molecule has 0 saturated carbocycles. The third-order valence-electron chi connectivity index (χ3n) is 4.66. The number of aromatic nitrogens is 3. The van der Waals surface area contributed by atoms with Crippen molar-refractivity contribution in [1.29, 1.82) is 0 Å². The zero-order valence-electron chi connectivity index (χ0n) is 17.3. The van der Waals surface area contributed by atoms with E-state index < -0.39 is 5.25 Å². The minimum Gasteiger partial charge on any atom is -0.454 e. The molecule has 0 radical (unpaired) electrons.